The van der Waals surface area contributed by atoms with E-state index in [-0.39, 0.29) is 18.0 Å². The number of ether oxygens (including phenoxy) is 1. The maximum Gasteiger partial charge on any atom is 0.308 e. The molecule has 0 aromatic heterocycles. The van der Waals surface area contributed by atoms with E-state index in [9.17, 15) is 9.90 Å². The van der Waals surface area contributed by atoms with Gasteiger partial charge in [0.05, 0.1) is 18.6 Å². The molecule has 4 nitrogen and oxygen atoms in total. The van der Waals surface area contributed by atoms with Crippen LogP contribution in [0.15, 0.2) is 0 Å². The fourth-order valence-electron chi connectivity index (χ4n) is 3.99. The van der Waals surface area contributed by atoms with Crippen molar-refractivity contribution in [1.82, 2.24) is 5.32 Å². The molecule has 128 valence electrons. The molecule has 0 aromatic rings. The smallest absolute Gasteiger partial charge is 0.308 e. The summed E-state index contributed by atoms with van der Waals surface area (Å²) >= 11 is 0. The van der Waals surface area contributed by atoms with Crippen molar-refractivity contribution in [3.8, 4) is 0 Å². The highest BCUT2D eigenvalue weighted by Crippen LogP contribution is 2.28. The average molecular weight is 311 g/mol. The zero-order chi connectivity index (χ0) is 15.8. The second kappa shape index (κ2) is 9.51. The van der Waals surface area contributed by atoms with Gasteiger partial charge in [0.25, 0.3) is 0 Å². The maximum absolute atomic E-state index is 11.7. The van der Waals surface area contributed by atoms with E-state index in [1.165, 1.54) is 19.3 Å². The van der Waals surface area contributed by atoms with Crippen molar-refractivity contribution in [3.05, 3.63) is 0 Å². The van der Waals surface area contributed by atoms with E-state index in [2.05, 4.69) is 5.32 Å². The number of carbonyl (C=O) groups is 1. The third-order valence-electron chi connectivity index (χ3n) is 5.40. The van der Waals surface area contributed by atoms with Gasteiger partial charge in [-0.15, -0.1) is 0 Å². The molecule has 0 heterocycles. The number of carbonyl (C=O) groups excluding carboxylic acids is 1. The molecule has 0 radical (unpaired) electrons. The van der Waals surface area contributed by atoms with Crippen LogP contribution in [0, 0.1) is 11.8 Å². The van der Waals surface area contributed by atoms with E-state index >= 15 is 0 Å². The van der Waals surface area contributed by atoms with Crippen LogP contribution in [0.3, 0.4) is 0 Å². The lowest BCUT2D eigenvalue weighted by Gasteiger charge is -2.29. The summed E-state index contributed by atoms with van der Waals surface area (Å²) < 4.78 is 5.11. The van der Waals surface area contributed by atoms with Crippen molar-refractivity contribution in [2.45, 2.75) is 83.3 Å². The van der Waals surface area contributed by atoms with Gasteiger partial charge in [0.1, 0.15) is 0 Å². The van der Waals surface area contributed by atoms with Crippen LogP contribution in [0.1, 0.15) is 71.1 Å². The summed E-state index contributed by atoms with van der Waals surface area (Å²) in [5.41, 5.74) is 0. The molecule has 2 atom stereocenters. The molecule has 2 fully saturated rings. The van der Waals surface area contributed by atoms with Gasteiger partial charge in [-0.1, -0.05) is 12.8 Å². The molecule has 2 aliphatic rings. The van der Waals surface area contributed by atoms with Gasteiger partial charge < -0.3 is 15.2 Å². The number of aliphatic hydroxyl groups is 1. The molecule has 2 rings (SSSR count). The molecule has 0 aliphatic heterocycles. The summed E-state index contributed by atoms with van der Waals surface area (Å²) in [7, 11) is 0. The Bertz CT molecular complexity index is 326. The van der Waals surface area contributed by atoms with Gasteiger partial charge in [-0.2, -0.15) is 0 Å². The third kappa shape index (κ3) is 5.54. The highest BCUT2D eigenvalue weighted by atomic mass is 16.5. The van der Waals surface area contributed by atoms with Gasteiger partial charge in [-0.05, 0) is 70.8 Å². The SMILES string of the molecule is CCOC(=O)C1CCC(NCCCC2CCCCC2O)CC1. The maximum atomic E-state index is 11.7. The lowest BCUT2D eigenvalue weighted by Crippen LogP contribution is -2.36. The molecular formula is C18H33NO3. The fourth-order valence-corrected chi connectivity index (χ4v) is 3.99. The van der Waals surface area contributed by atoms with Crippen molar-refractivity contribution < 1.29 is 14.6 Å². The van der Waals surface area contributed by atoms with Crippen molar-refractivity contribution >= 4 is 5.97 Å². The van der Waals surface area contributed by atoms with Crippen molar-refractivity contribution in [2.24, 2.45) is 11.8 Å². The van der Waals surface area contributed by atoms with Crippen molar-refractivity contribution in [3.63, 3.8) is 0 Å². The van der Waals surface area contributed by atoms with Crippen LogP contribution in [0.25, 0.3) is 0 Å². The highest BCUT2D eigenvalue weighted by molar-refractivity contribution is 5.72. The van der Waals surface area contributed by atoms with Gasteiger partial charge in [0.2, 0.25) is 0 Å². The standard InChI is InChI=1S/C18H33NO3/c1-2-22-18(21)15-9-11-16(12-10-15)19-13-5-7-14-6-3-4-8-17(14)20/h14-17,19-20H,2-13H2,1H3. The van der Waals surface area contributed by atoms with Gasteiger partial charge in [0, 0.05) is 6.04 Å². The van der Waals surface area contributed by atoms with Crippen molar-refractivity contribution in [2.75, 3.05) is 13.2 Å². The first-order chi connectivity index (χ1) is 10.7. The Balaban J connectivity index is 1.54. The predicted molar refractivity (Wildman–Crippen MR) is 87.6 cm³/mol. The Labute approximate surface area is 135 Å². The van der Waals surface area contributed by atoms with Crippen LogP contribution >= 0.6 is 0 Å². The summed E-state index contributed by atoms with van der Waals surface area (Å²) in [4.78, 5) is 11.7. The third-order valence-corrected chi connectivity index (χ3v) is 5.40. The fraction of sp³-hybridized carbons (Fsp3) is 0.944. The van der Waals surface area contributed by atoms with Crippen LogP contribution in [-0.2, 0) is 9.53 Å². The van der Waals surface area contributed by atoms with E-state index in [0.29, 0.717) is 18.6 Å². The van der Waals surface area contributed by atoms with Gasteiger partial charge >= 0.3 is 5.97 Å². The number of esters is 1. The first-order valence-corrected chi connectivity index (χ1v) is 9.28. The quantitative estimate of drug-likeness (QED) is 0.560. The van der Waals surface area contributed by atoms with E-state index in [1.807, 2.05) is 6.92 Å². The molecule has 2 aliphatic carbocycles. The average Bonchev–Trinajstić information content (AvgIpc) is 2.54. The number of hydrogen-bond acceptors (Lipinski definition) is 4. The van der Waals surface area contributed by atoms with E-state index in [4.69, 9.17) is 4.74 Å². The Morgan fingerprint density at radius 1 is 1.14 bits per heavy atom. The molecule has 0 amide bonds. The summed E-state index contributed by atoms with van der Waals surface area (Å²) in [6.07, 6.45) is 11.0. The van der Waals surface area contributed by atoms with E-state index in [1.54, 1.807) is 0 Å². The van der Waals surface area contributed by atoms with E-state index in [0.717, 1.165) is 51.5 Å². The second-order valence-electron chi connectivity index (χ2n) is 7.01. The van der Waals surface area contributed by atoms with Crippen LogP contribution in [-0.4, -0.2) is 36.4 Å². The largest absolute Gasteiger partial charge is 0.466 e. The van der Waals surface area contributed by atoms with Crippen LogP contribution in [0.2, 0.25) is 0 Å². The Morgan fingerprint density at radius 2 is 1.86 bits per heavy atom. The summed E-state index contributed by atoms with van der Waals surface area (Å²) in [5, 5.41) is 13.6. The monoisotopic (exact) mass is 311 g/mol. The molecule has 0 spiro atoms. The lowest BCUT2D eigenvalue weighted by molar-refractivity contribution is -0.149. The zero-order valence-electron chi connectivity index (χ0n) is 14.1. The molecule has 2 unspecified atom stereocenters. The zero-order valence-corrected chi connectivity index (χ0v) is 14.1. The van der Waals surface area contributed by atoms with E-state index < -0.39 is 0 Å². The topological polar surface area (TPSA) is 58.6 Å². The van der Waals surface area contributed by atoms with Crippen LogP contribution in [0.4, 0.5) is 0 Å². The highest BCUT2D eigenvalue weighted by Gasteiger charge is 2.27. The summed E-state index contributed by atoms with van der Waals surface area (Å²) in [6.45, 7) is 3.40. The Kier molecular flexibility index (Phi) is 7.67. The molecule has 22 heavy (non-hydrogen) atoms. The van der Waals surface area contributed by atoms with Crippen molar-refractivity contribution in [1.29, 1.82) is 0 Å². The molecule has 0 bridgehead atoms. The molecule has 2 saturated carbocycles. The molecule has 2 N–H and O–H groups in total. The number of rotatable bonds is 7. The van der Waals surface area contributed by atoms with Gasteiger partial charge in [-0.3, -0.25) is 4.79 Å². The normalized spacial score (nSPS) is 32.6. The number of aliphatic hydroxyl groups excluding tert-OH is 1. The minimum absolute atomic E-state index is 0.00719. The molecule has 0 saturated heterocycles. The van der Waals surface area contributed by atoms with Gasteiger partial charge in [-0.25, -0.2) is 0 Å². The van der Waals surface area contributed by atoms with Crippen LogP contribution in [0.5, 0.6) is 0 Å². The summed E-state index contributed by atoms with van der Waals surface area (Å²) in [6, 6.07) is 0.557. The molecule has 4 heteroatoms. The number of nitrogens with one attached hydrogen (secondary N) is 1. The second-order valence-corrected chi connectivity index (χ2v) is 7.01. The summed E-state index contributed by atoms with van der Waals surface area (Å²) in [5.74, 6) is 0.637. The first kappa shape index (κ1) is 17.7. The minimum Gasteiger partial charge on any atom is -0.466 e. The van der Waals surface area contributed by atoms with Gasteiger partial charge in [0.15, 0.2) is 0 Å². The Hall–Kier alpha value is -0.610. The predicted octanol–water partition coefficient (Wildman–Crippen LogP) is 3.03. The number of hydrogen-bond donors (Lipinski definition) is 2. The Morgan fingerprint density at radius 3 is 2.55 bits per heavy atom. The minimum atomic E-state index is -0.0613. The molecular weight excluding hydrogens is 278 g/mol. The molecule has 0 aromatic carbocycles. The van der Waals surface area contributed by atoms with Crippen LogP contribution < -0.4 is 5.32 Å². The first-order valence-electron chi connectivity index (χ1n) is 9.28. The lowest BCUT2D eigenvalue weighted by atomic mass is 9.83.